The summed E-state index contributed by atoms with van der Waals surface area (Å²) in [6.45, 7) is 4.13. The van der Waals surface area contributed by atoms with E-state index in [0.29, 0.717) is 34.5 Å². The number of carbonyl (C=O) groups is 1. The molecule has 0 aliphatic heterocycles. The molecule has 3 aromatic rings. The molecule has 0 radical (unpaired) electrons. The molecule has 0 aromatic carbocycles. The third-order valence-corrected chi connectivity index (χ3v) is 4.43. The highest BCUT2D eigenvalue weighted by Crippen LogP contribution is 2.39. The maximum Gasteiger partial charge on any atom is 0.271 e. The maximum absolute atomic E-state index is 12.1. The van der Waals surface area contributed by atoms with Crippen LogP contribution >= 0.6 is 0 Å². The molecular formula is C20H20N8O. The Bertz CT molecular complexity index is 1050. The van der Waals surface area contributed by atoms with Crippen molar-refractivity contribution in [2.45, 2.75) is 18.8 Å². The van der Waals surface area contributed by atoms with Crippen molar-refractivity contribution in [1.29, 1.82) is 0 Å². The lowest BCUT2D eigenvalue weighted by atomic mass is 10.2. The van der Waals surface area contributed by atoms with Crippen LogP contribution < -0.4 is 16.0 Å². The quantitative estimate of drug-likeness (QED) is 0.565. The number of pyridine rings is 1. The smallest absolute Gasteiger partial charge is 0.271 e. The van der Waals surface area contributed by atoms with Crippen LogP contribution in [0, 0.1) is 0 Å². The van der Waals surface area contributed by atoms with Gasteiger partial charge in [-0.15, -0.1) is 0 Å². The van der Waals surface area contributed by atoms with Crippen LogP contribution in [0.5, 0.6) is 0 Å². The number of aromatic nitrogens is 5. The highest BCUT2D eigenvalue weighted by Gasteiger charge is 2.27. The molecule has 1 amide bonds. The molecule has 9 nitrogen and oxygen atoms in total. The topological polar surface area (TPSA) is 118 Å². The Morgan fingerprint density at radius 1 is 1.14 bits per heavy atom. The Morgan fingerprint density at radius 3 is 2.66 bits per heavy atom. The summed E-state index contributed by atoms with van der Waals surface area (Å²) in [4.78, 5) is 33.6. The highest BCUT2D eigenvalue weighted by atomic mass is 16.1. The molecule has 1 fully saturated rings. The number of rotatable bonds is 7. The van der Waals surface area contributed by atoms with E-state index in [9.17, 15) is 4.79 Å². The summed E-state index contributed by atoms with van der Waals surface area (Å²) >= 11 is 0. The summed E-state index contributed by atoms with van der Waals surface area (Å²) in [5.41, 5.74) is 3.47. The first-order valence-electron chi connectivity index (χ1n) is 9.18. The standard InChI is InChI=1S/C20H20N8O/c1-12(26-15-4-3-7-24-18(15)20(29)21-2)17-19(27-14-8-22-11-23-9-14)25-10-16(28-17)13-5-6-13/h3-4,7-11,13,26H,1,5-6H2,2H3,(H,21,29)(H,25,27). The maximum atomic E-state index is 12.1. The molecule has 1 saturated carbocycles. The summed E-state index contributed by atoms with van der Waals surface area (Å²) in [5.74, 6) is 0.661. The van der Waals surface area contributed by atoms with Crippen LogP contribution in [0.15, 0.2) is 49.8 Å². The monoisotopic (exact) mass is 388 g/mol. The van der Waals surface area contributed by atoms with Gasteiger partial charge in [0, 0.05) is 19.2 Å². The second-order valence-corrected chi connectivity index (χ2v) is 6.60. The van der Waals surface area contributed by atoms with Gasteiger partial charge in [0.1, 0.15) is 12.0 Å². The Kier molecular flexibility index (Phi) is 5.10. The van der Waals surface area contributed by atoms with Gasteiger partial charge in [-0.25, -0.2) is 24.9 Å². The average Bonchev–Trinajstić information content (AvgIpc) is 3.60. The van der Waals surface area contributed by atoms with Gasteiger partial charge in [-0.3, -0.25) is 4.79 Å². The van der Waals surface area contributed by atoms with Gasteiger partial charge in [-0.2, -0.15) is 0 Å². The molecule has 4 rings (SSSR count). The van der Waals surface area contributed by atoms with Crippen LogP contribution in [-0.2, 0) is 0 Å². The Hall–Kier alpha value is -3.88. The van der Waals surface area contributed by atoms with Gasteiger partial charge in [0.2, 0.25) is 0 Å². The summed E-state index contributed by atoms with van der Waals surface area (Å²) < 4.78 is 0. The first kappa shape index (κ1) is 18.5. The Balaban J connectivity index is 1.66. The van der Waals surface area contributed by atoms with E-state index in [4.69, 9.17) is 4.98 Å². The number of carbonyl (C=O) groups excluding carboxylic acids is 1. The summed E-state index contributed by atoms with van der Waals surface area (Å²) in [6, 6.07) is 3.51. The van der Waals surface area contributed by atoms with Crippen LogP contribution in [0.4, 0.5) is 17.2 Å². The number of hydrogen-bond acceptors (Lipinski definition) is 8. The zero-order valence-electron chi connectivity index (χ0n) is 15.9. The van der Waals surface area contributed by atoms with Gasteiger partial charge in [0.15, 0.2) is 11.5 Å². The molecule has 0 spiro atoms. The fraction of sp³-hybridized carbons (Fsp3) is 0.200. The SMILES string of the molecule is C=C(Nc1cccnc1C(=O)NC)c1nc(C2CC2)cnc1Nc1cncnc1. The lowest BCUT2D eigenvalue weighted by molar-refractivity contribution is 0.0959. The number of nitrogens with zero attached hydrogens (tertiary/aromatic N) is 5. The van der Waals surface area contributed by atoms with Crippen LogP contribution in [0.25, 0.3) is 5.70 Å². The zero-order chi connectivity index (χ0) is 20.2. The first-order valence-corrected chi connectivity index (χ1v) is 9.18. The van der Waals surface area contributed by atoms with E-state index in [1.54, 1.807) is 44.0 Å². The van der Waals surface area contributed by atoms with Crippen molar-refractivity contribution < 1.29 is 4.79 Å². The molecule has 3 aromatic heterocycles. The minimum absolute atomic E-state index is 0.272. The minimum Gasteiger partial charge on any atom is -0.354 e. The molecule has 0 unspecified atom stereocenters. The van der Waals surface area contributed by atoms with Crippen molar-refractivity contribution >= 4 is 28.8 Å². The molecule has 0 bridgehead atoms. The van der Waals surface area contributed by atoms with E-state index in [0.717, 1.165) is 18.5 Å². The largest absolute Gasteiger partial charge is 0.354 e. The predicted molar refractivity (Wildman–Crippen MR) is 110 cm³/mol. The van der Waals surface area contributed by atoms with Crippen LogP contribution in [0.2, 0.25) is 0 Å². The molecule has 3 N–H and O–H groups in total. The van der Waals surface area contributed by atoms with Crippen molar-refractivity contribution in [3.05, 3.63) is 66.9 Å². The normalized spacial score (nSPS) is 12.9. The lowest BCUT2D eigenvalue weighted by Crippen LogP contribution is -2.21. The molecule has 3 heterocycles. The highest BCUT2D eigenvalue weighted by molar-refractivity contribution is 5.99. The third-order valence-electron chi connectivity index (χ3n) is 4.43. The van der Waals surface area contributed by atoms with E-state index >= 15 is 0 Å². The fourth-order valence-corrected chi connectivity index (χ4v) is 2.81. The average molecular weight is 388 g/mol. The summed E-state index contributed by atoms with van der Waals surface area (Å²) in [6.07, 6.45) is 10.3. The second-order valence-electron chi connectivity index (χ2n) is 6.60. The van der Waals surface area contributed by atoms with E-state index in [1.165, 1.54) is 6.33 Å². The van der Waals surface area contributed by atoms with Gasteiger partial charge in [0.05, 0.1) is 41.4 Å². The molecular weight excluding hydrogens is 368 g/mol. The molecule has 1 aliphatic rings. The van der Waals surface area contributed by atoms with Crippen molar-refractivity contribution in [3.8, 4) is 0 Å². The van der Waals surface area contributed by atoms with E-state index in [-0.39, 0.29) is 11.6 Å². The van der Waals surface area contributed by atoms with E-state index < -0.39 is 0 Å². The second kappa shape index (κ2) is 8.01. The van der Waals surface area contributed by atoms with Gasteiger partial charge in [-0.1, -0.05) is 6.58 Å². The molecule has 0 atom stereocenters. The van der Waals surface area contributed by atoms with Gasteiger partial charge >= 0.3 is 0 Å². The van der Waals surface area contributed by atoms with Crippen molar-refractivity contribution in [2.75, 3.05) is 17.7 Å². The number of hydrogen-bond donors (Lipinski definition) is 3. The van der Waals surface area contributed by atoms with Gasteiger partial charge < -0.3 is 16.0 Å². The minimum atomic E-state index is -0.293. The number of anilines is 3. The van der Waals surface area contributed by atoms with E-state index in [2.05, 4.69) is 42.5 Å². The molecule has 1 aliphatic carbocycles. The first-order chi connectivity index (χ1) is 14.2. The summed E-state index contributed by atoms with van der Waals surface area (Å²) in [5, 5.41) is 8.93. The fourth-order valence-electron chi connectivity index (χ4n) is 2.81. The van der Waals surface area contributed by atoms with Gasteiger partial charge in [0.25, 0.3) is 5.91 Å². The van der Waals surface area contributed by atoms with Crippen molar-refractivity contribution in [2.24, 2.45) is 0 Å². The molecule has 146 valence electrons. The van der Waals surface area contributed by atoms with Gasteiger partial charge in [-0.05, 0) is 25.0 Å². The molecule has 9 heteroatoms. The Morgan fingerprint density at radius 2 is 1.93 bits per heavy atom. The van der Waals surface area contributed by atoms with E-state index in [1.807, 2.05) is 0 Å². The lowest BCUT2D eigenvalue weighted by Gasteiger charge is -2.16. The molecule has 29 heavy (non-hydrogen) atoms. The van der Waals surface area contributed by atoms with Crippen LogP contribution in [0.1, 0.15) is 40.6 Å². The van der Waals surface area contributed by atoms with Crippen molar-refractivity contribution in [1.82, 2.24) is 30.2 Å². The van der Waals surface area contributed by atoms with Crippen molar-refractivity contribution in [3.63, 3.8) is 0 Å². The van der Waals surface area contributed by atoms with Crippen LogP contribution in [-0.4, -0.2) is 37.9 Å². The predicted octanol–water partition coefficient (Wildman–Crippen LogP) is 2.73. The van der Waals surface area contributed by atoms with Crippen LogP contribution in [0.3, 0.4) is 0 Å². The number of amides is 1. The Labute approximate surface area is 167 Å². The zero-order valence-corrected chi connectivity index (χ0v) is 15.9. The summed E-state index contributed by atoms with van der Waals surface area (Å²) in [7, 11) is 1.56. The molecule has 0 saturated heterocycles. The third kappa shape index (κ3) is 4.18. The number of nitrogens with one attached hydrogen (secondary N) is 3.